The Balaban J connectivity index is 1.54. The van der Waals surface area contributed by atoms with Gasteiger partial charge in [-0.25, -0.2) is 22.9 Å². The third kappa shape index (κ3) is 4.57. The van der Waals surface area contributed by atoms with Gasteiger partial charge in [-0.2, -0.15) is 5.10 Å². The predicted molar refractivity (Wildman–Crippen MR) is 136 cm³/mol. The predicted octanol–water partition coefficient (Wildman–Crippen LogP) is 3.43. The zero-order chi connectivity index (χ0) is 24.9. The van der Waals surface area contributed by atoms with Gasteiger partial charge >= 0.3 is 0 Å². The molecule has 5 heterocycles. The highest BCUT2D eigenvalue weighted by Crippen LogP contribution is 2.38. The van der Waals surface area contributed by atoms with Gasteiger partial charge in [-0.1, -0.05) is 13.8 Å². The molecule has 0 spiro atoms. The molecular formula is C25H32N6O3S. The number of aromatic nitrogens is 5. The molecule has 0 aliphatic carbocycles. The summed E-state index contributed by atoms with van der Waals surface area (Å²) >= 11 is 0. The summed E-state index contributed by atoms with van der Waals surface area (Å²) in [6.07, 6.45) is 4.70. The molecule has 10 heteroatoms. The minimum Gasteiger partial charge on any atom is -0.369 e. The summed E-state index contributed by atoms with van der Waals surface area (Å²) < 4.78 is 31.1. The third-order valence-electron chi connectivity index (χ3n) is 6.93. The van der Waals surface area contributed by atoms with Gasteiger partial charge in [0.2, 0.25) is 0 Å². The number of hydrogen-bond donors (Lipinski definition) is 1. The minimum absolute atomic E-state index is 0.153. The summed E-state index contributed by atoms with van der Waals surface area (Å²) in [5, 5.41) is 4.37. The Bertz CT molecular complexity index is 1500. The lowest BCUT2D eigenvalue weighted by molar-refractivity contribution is -0.0298. The molecule has 0 bridgehead atoms. The van der Waals surface area contributed by atoms with Gasteiger partial charge in [-0.05, 0) is 43.0 Å². The first-order chi connectivity index (χ1) is 16.6. The molecule has 35 heavy (non-hydrogen) atoms. The van der Waals surface area contributed by atoms with Gasteiger partial charge in [0, 0.05) is 43.2 Å². The van der Waals surface area contributed by atoms with Crippen molar-refractivity contribution in [3.8, 4) is 11.3 Å². The van der Waals surface area contributed by atoms with Crippen molar-refractivity contribution < 1.29 is 13.2 Å². The Hall–Kier alpha value is -2.82. The Morgan fingerprint density at radius 2 is 2.03 bits per heavy atom. The van der Waals surface area contributed by atoms with Crippen molar-refractivity contribution in [2.24, 2.45) is 0 Å². The lowest BCUT2D eigenvalue weighted by Crippen LogP contribution is -2.40. The van der Waals surface area contributed by atoms with E-state index in [2.05, 4.69) is 53.7 Å². The van der Waals surface area contributed by atoms with E-state index in [0.29, 0.717) is 19.7 Å². The Labute approximate surface area is 205 Å². The molecule has 0 radical (unpaired) electrons. The van der Waals surface area contributed by atoms with E-state index < -0.39 is 9.84 Å². The number of morpholine rings is 1. The minimum atomic E-state index is -3.00. The Morgan fingerprint density at radius 3 is 2.77 bits per heavy atom. The van der Waals surface area contributed by atoms with Gasteiger partial charge in [-0.3, -0.25) is 4.90 Å². The van der Waals surface area contributed by atoms with E-state index in [1.807, 2.05) is 16.8 Å². The van der Waals surface area contributed by atoms with Crippen LogP contribution in [-0.4, -0.2) is 76.1 Å². The average molecular weight is 497 g/mol. The molecule has 0 saturated carbocycles. The van der Waals surface area contributed by atoms with Crippen molar-refractivity contribution in [3.05, 3.63) is 47.0 Å². The molecule has 5 rings (SSSR count). The molecule has 1 atom stereocenters. The first-order valence-electron chi connectivity index (χ1n) is 12.0. The number of hydrogen-bond acceptors (Lipinski definition) is 7. The molecule has 1 aliphatic heterocycles. The van der Waals surface area contributed by atoms with Crippen molar-refractivity contribution >= 4 is 26.5 Å². The largest absolute Gasteiger partial charge is 0.369 e. The first kappa shape index (κ1) is 23.9. The second-order valence-electron chi connectivity index (χ2n) is 9.81. The van der Waals surface area contributed by atoms with Crippen molar-refractivity contribution in [2.75, 3.05) is 38.2 Å². The fourth-order valence-corrected chi connectivity index (χ4v) is 5.48. The zero-order valence-corrected chi connectivity index (χ0v) is 21.7. The van der Waals surface area contributed by atoms with Crippen molar-refractivity contribution in [2.45, 2.75) is 39.7 Å². The number of sulfone groups is 1. The quantitative estimate of drug-likeness (QED) is 0.436. The van der Waals surface area contributed by atoms with Gasteiger partial charge < -0.3 is 9.72 Å². The maximum absolute atomic E-state index is 11.6. The molecule has 0 amide bonds. The smallest absolute Gasteiger partial charge is 0.158 e. The van der Waals surface area contributed by atoms with Crippen LogP contribution in [0.4, 0.5) is 0 Å². The lowest BCUT2D eigenvalue weighted by Gasteiger charge is -2.32. The fraction of sp³-hybridized carbons (Fsp3) is 0.480. The Morgan fingerprint density at radius 1 is 1.23 bits per heavy atom. The van der Waals surface area contributed by atoms with Crippen LogP contribution in [0.5, 0.6) is 0 Å². The second kappa shape index (κ2) is 9.00. The number of aryl methyl sites for hydroxylation is 1. The summed E-state index contributed by atoms with van der Waals surface area (Å²) in [5.41, 5.74) is 9.23. The highest BCUT2D eigenvalue weighted by atomic mass is 32.2. The molecular weight excluding hydrogens is 464 g/mol. The summed E-state index contributed by atoms with van der Waals surface area (Å²) in [6, 6.07) is 4.08. The second-order valence-corrected chi connectivity index (χ2v) is 12.1. The van der Waals surface area contributed by atoms with E-state index in [9.17, 15) is 8.42 Å². The maximum atomic E-state index is 11.6. The number of nitrogens with one attached hydrogen (secondary N) is 1. The molecule has 1 unspecified atom stereocenters. The van der Waals surface area contributed by atoms with Crippen LogP contribution in [0.25, 0.3) is 27.9 Å². The van der Waals surface area contributed by atoms with Crippen LogP contribution in [-0.2, 0) is 14.6 Å². The van der Waals surface area contributed by atoms with Gasteiger partial charge in [-0.15, -0.1) is 0 Å². The van der Waals surface area contributed by atoms with Crippen molar-refractivity contribution in [1.82, 2.24) is 29.5 Å². The van der Waals surface area contributed by atoms with Gasteiger partial charge in [0.25, 0.3) is 0 Å². The SMILES string of the molecule is Cc1c(-c2[nH]c3ccc(C4CN(CCS(C)(=O)=O)CCO4)nc3c2C(C)C)cn2ncnc2c1C. The van der Waals surface area contributed by atoms with Crippen LogP contribution < -0.4 is 0 Å². The third-order valence-corrected chi connectivity index (χ3v) is 7.86. The first-order valence-corrected chi connectivity index (χ1v) is 14.0. The van der Waals surface area contributed by atoms with Crippen molar-refractivity contribution in [3.63, 3.8) is 0 Å². The van der Waals surface area contributed by atoms with Crippen LogP contribution >= 0.6 is 0 Å². The summed E-state index contributed by atoms with van der Waals surface area (Å²) in [7, 11) is -3.00. The normalized spacial score (nSPS) is 17.7. The summed E-state index contributed by atoms with van der Waals surface area (Å²) in [6.45, 7) is 11.0. The molecule has 0 aromatic carbocycles. The number of pyridine rings is 2. The average Bonchev–Trinajstić information content (AvgIpc) is 3.44. The monoisotopic (exact) mass is 496 g/mol. The van der Waals surface area contributed by atoms with E-state index in [1.54, 1.807) is 6.33 Å². The van der Waals surface area contributed by atoms with Crippen LogP contribution in [0.15, 0.2) is 24.7 Å². The fourth-order valence-electron chi connectivity index (χ4n) is 4.89. The topological polar surface area (TPSA) is 105 Å². The van der Waals surface area contributed by atoms with E-state index in [4.69, 9.17) is 9.72 Å². The van der Waals surface area contributed by atoms with Crippen molar-refractivity contribution in [1.29, 1.82) is 0 Å². The van der Waals surface area contributed by atoms with E-state index in [1.165, 1.54) is 6.26 Å². The number of rotatable bonds is 6. The van der Waals surface area contributed by atoms with Gasteiger partial charge in [0.1, 0.15) is 22.3 Å². The number of ether oxygens (including phenoxy) is 1. The highest BCUT2D eigenvalue weighted by Gasteiger charge is 2.26. The van der Waals surface area contributed by atoms with Gasteiger partial charge in [0.15, 0.2) is 5.65 Å². The summed E-state index contributed by atoms with van der Waals surface area (Å²) in [4.78, 5) is 15.2. The van der Waals surface area contributed by atoms with Crippen LogP contribution in [0.1, 0.15) is 48.3 Å². The molecule has 1 aliphatic rings. The molecule has 1 fully saturated rings. The molecule has 186 valence electrons. The lowest BCUT2D eigenvalue weighted by atomic mass is 9.95. The molecule has 9 nitrogen and oxygen atoms in total. The number of fused-ring (bicyclic) bond motifs is 2. The summed E-state index contributed by atoms with van der Waals surface area (Å²) in [5.74, 6) is 0.394. The van der Waals surface area contributed by atoms with E-state index >= 15 is 0 Å². The molecule has 1 saturated heterocycles. The standard InChI is InChI=1S/C25H32N6O3S/c1-15(2)22-23(18-12-31-25(26-14-27-31)17(4)16(18)3)29-20-7-6-19(28-24(20)22)21-13-30(8-10-34-21)9-11-35(5,32)33/h6-7,12,14-15,21,29H,8-11,13H2,1-5H3. The maximum Gasteiger partial charge on any atom is 0.158 e. The molecule has 4 aromatic heterocycles. The zero-order valence-electron chi connectivity index (χ0n) is 20.9. The molecule has 1 N–H and O–H groups in total. The van der Waals surface area contributed by atoms with Crippen LogP contribution in [0.2, 0.25) is 0 Å². The Kier molecular flexibility index (Phi) is 6.14. The number of nitrogens with zero attached hydrogens (tertiary/aromatic N) is 5. The van der Waals surface area contributed by atoms with Crippen LogP contribution in [0, 0.1) is 13.8 Å². The van der Waals surface area contributed by atoms with E-state index in [0.717, 1.165) is 56.9 Å². The number of H-pyrrole nitrogens is 1. The van der Waals surface area contributed by atoms with E-state index in [-0.39, 0.29) is 17.8 Å². The highest BCUT2D eigenvalue weighted by molar-refractivity contribution is 7.90. The molecule has 4 aromatic rings. The number of aromatic amines is 1. The van der Waals surface area contributed by atoms with Crippen LogP contribution in [0.3, 0.4) is 0 Å². The van der Waals surface area contributed by atoms with Gasteiger partial charge in [0.05, 0.1) is 34.8 Å².